The lowest BCUT2D eigenvalue weighted by molar-refractivity contribution is 0.174. The molecular weight excluding hydrogens is 524 g/mol. The summed E-state index contributed by atoms with van der Waals surface area (Å²) in [6.45, 7) is 6.41. The van der Waals surface area contributed by atoms with Crippen molar-refractivity contribution in [2.45, 2.75) is 13.0 Å². The molecule has 0 unspecified atom stereocenters. The number of nitrogens with zero attached hydrogens (tertiary/aromatic N) is 3. The van der Waals surface area contributed by atoms with Gasteiger partial charge in [0.2, 0.25) is 6.79 Å². The number of anilines is 1. The summed E-state index contributed by atoms with van der Waals surface area (Å²) in [6, 6.07) is 13.0. The van der Waals surface area contributed by atoms with Gasteiger partial charge in [-0.15, -0.1) is 24.0 Å². The smallest absolute Gasteiger partial charge is 0.231 e. The number of rotatable bonds is 7. The van der Waals surface area contributed by atoms with Gasteiger partial charge in [0.05, 0.1) is 5.69 Å². The number of aliphatic imine (C=N–C) groups is 1. The molecule has 2 heterocycles. The molecule has 32 heavy (non-hydrogen) atoms. The summed E-state index contributed by atoms with van der Waals surface area (Å²) in [4.78, 5) is 8.86. The van der Waals surface area contributed by atoms with Gasteiger partial charge in [-0.3, -0.25) is 9.89 Å². The standard InChI is InChI=1S/C23H30FN5O2.HI/c1-25-23(27-16-18-7-8-21-22(15-18)31-17-30-21)26-9-4-10-28-11-13-29(14-12-28)20-6-3-2-5-19(20)24;/h2-3,5-8,15H,4,9-14,16-17H2,1H3,(H2,25,26,27);1H. The molecule has 0 radical (unpaired) electrons. The van der Waals surface area contributed by atoms with Gasteiger partial charge in [-0.25, -0.2) is 4.39 Å². The van der Waals surface area contributed by atoms with Crippen LogP contribution in [0, 0.1) is 5.82 Å². The van der Waals surface area contributed by atoms with Crippen LogP contribution >= 0.6 is 24.0 Å². The van der Waals surface area contributed by atoms with Crippen molar-refractivity contribution in [1.82, 2.24) is 15.5 Å². The second kappa shape index (κ2) is 12.1. The summed E-state index contributed by atoms with van der Waals surface area (Å²) in [5.74, 6) is 2.22. The molecule has 2 aliphatic heterocycles. The number of hydrogen-bond acceptors (Lipinski definition) is 5. The normalized spacial score (nSPS) is 15.9. The average Bonchev–Trinajstić information content (AvgIpc) is 3.27. The van der Waals surface area contributed by atoms with Crippen LogP contribution in [0.3, 0.4) is 0 Å². The Hall–Kier alpha value is -2.27. The van der Waals surface area contributed by atoms with Crippen LogP contribution < -0.4 is 25.0 Å². The lowest BCUT2D eigenvalue weighted by Gasteiger charge is -2.36. The quantitative estimate of drug-likeness (QED) is 0.237. The van der Waals surface area contributed by atoms with Crippen LogP contribution in [0.1, 0.15) is 12.0 Å². The van der Waals surface area contributed by atoms with E-state index in [0.29, 0.717) is 12.2 Å². The molecule has 2 aromatic rings. The predicted octanol–water partition coefficient (Wildman–Crippen LogP) is 3.05. The minimum Gasteiger partial charge on any atom is -0.454 e. The van der Waals surface area contributed by atoms with E-state index in [1.165, 1.54) is 6.07 Å². The van der Waals surface area contributed by atoms with E-state index in [9.17, 15) is 4.39 Å². The van der Waals surface area contributed by atoms with Crippen LogP contribution in [0.15, 0.2) is 47.5 Å². The summed E-state index contributed by atoms with van der Waals surface area (Å²) in [5.41, 5.74) is 1.82. The van der Waals surface area contributed by atoms with Crippen molar-refractivity contribution in [2.75, 3.05) is 58.0 Å². The van der Waals surface area contributed by atoms with Gasteiger partial charge in [0, 0.05) is 46.3 Å². The van der Waals surface area contributed by atoms with Gasteiger partial charge in [-0.05, 0) is 42.8 Å². The van der Waals surface area contributed by atoms with E-state index in [2.05, 4.69) is 25.4 Å². The fourth-order valence-corrected chi connectivity index (χ4v) is 3.89. The summed E-state index contributed by atoms with van der Waals surface area (Å²) in [6.07, 6.45) is 1.02. The molecule has 0 amide bonds. The van der Waals surface area contributed by atoms with Gasteiger partial charge in [0.25, 0.3) is 0 Å². The minimum atomic E-state index is -0.139. The Balaban J connectivity index is 0.00000289. The maximum Gasteiger partial charge on any atom is 0.231 e. The van der Waals surface area contributed by atoms with E-state index in [1.807, 2.05) is 30.3 Å². The summed E-state index contributed by atoms with van der Waals surface area (Å²) >= 11 is 0. The predicted molar refractivity (Wildman–Crippen MR) is 136 cm³/mol. The average molecular weight is 555 g/mol. The molecule has 0 aromatic heterocycles. The van der Waals surface area contributed by atoms with E-state index >= 15 is 0 Å². The number of guanidine groups is 1. The maximum atomic E-state index is 14.0. The Kier molecular flexibility index (Phi) is 9.22. The van der Waals surface area contributed by atoms with Gasteiger partial charge >= 0.3 is 0 Å². The van der Waals surface area contributed by atoms with Crippen molar-refractivity contribution < 1.29 is 13.9 Å². The first-order valence-corrected chi connectivity index (χ1v) is 10.8. The number of halogens is 2. The van der Waals surface area contributed by atoms with E-state index in [0.717, 1.165) is 68.7 Å². The Labute approximate surface area is 206 Å². The summed E-state index contributed by atoms with van der Waals surface area (Å²) < 4.78 is 24.7. The summed E-state index contributed by atoms with van der Waals surface area (Å²) in [7, 11) is 1.77. The summed E-state index contributed by atoms with van der Waals surface area (Å²) in [5, 5.41) is 6.70. The van der Waals surface area contributed by atoms with Crippen molar-refractivity contribution in [3.8, 4) is 11.5 Å². The third-order valence-electron chi connectivity index (χ3n) is 5.63. The number of fused-ring (bicyclic) bond motifs is 1. The second-order valence-corrected chi connectivity index (χ2v) is 7.67. The molecule has 0 bridgehead atoms. The molecule has 0 atom stereocenters. The fraction of sp³-hybridized carbons (Fsp3) is 0.435. The number of hydrogen-bond donors (Lipinski definition) is 2. The zero-order chi connectivity index (χ0) is 21.5. The SMILES string of the molecule is CN=C(NCCCN1CCN(c2ccccc2F)CC1)NCc1ccc2c(c1)OCO2.I. The molecule has 7 nitrogen and oxygen atoms in total. The van der Waals surface area contributed by atoms with Crippen LogP contribution in [-0.4, -0.2) is 64.0 Å². The number of para-hydroxylation sites is 1. The van der Waals surface area contributed by atoms with Gasteiger partial charge in [-0.2, -0.15) is 0 Å². The molecule has 0 saturated carbocycles. The van der Waals surface area contributed by atoms with E-state index in [-0.39, 0.29) is 36.6 Å². The van der Waals surface area contributed by atoms with E-state index in [4.69, 9.17) is 9.47 Å². The van der Waals surface area contributed by atoms with Gasteiger partial charge in [0.1, 0.15) is 5.82 Å². The highest BCUT2D eigenvalue weighted by Crippen LogP contribution is 2.32. The molecule has 2 aromatic carbocycles. The van der Waals surface area contributed by atoms with Gasteiger partial charge < -0.3 is 25.0 Å². The largest absolute Gasteiger partial charge is 0.454 e. The molecule has 174 valence electrons. The minimum absolute atomic E-state index is 0. The zero-order valence-electron chi connectivity index (χ0n) is 18.3. The Bertz CT molecular complexity index is 906. The zero-order valence-corrected chi connectivity index (χ0v) is 20.7. The Morgan fingerprint density at radius 1 is 1.03 bits per heavy atom. The van der Waals surface area contributed by atoms with Crippen molar-refractivity contribution in [3.63, 3.8) is 0 Å². The van der Waals surface area contributed by atoms with Crippen LogP contribution in [0.5, 0.6) is 11.5 Å². The van der Waals surface area contributed by atoms with Gasteiger partial charge in [0.15, 0.2) is 17.5 Å². The van der Waals surface area contributed by atoms with E-state index < -0.39 is 0 Å². The molecule has 2 aliphatic rings. The molecular formula is C23H31FIN5O2. The molecule has 9 heteroatoms. The molecule has 0 spiro atoms. The highest BCUT2D eigenvalue weighted by Gasteiger charge is 2.19. The Morgan fingerprint density at radius 2 is 1.81 bits per heavy atom. The van der Waals surface area contributed by atoms with E-state index in [1.54, 1.807) is 13.1 Å². The maximum absolute atomic E-state index is 14.0. The second-order valence-electron chi connectivity index (χ2n) is 7.67. The monoisotopic (exact) mass is 555 g/mol. The van der Waals surface area contributed by atoms with Crippen molar-refractivity contribution in [2.24, 2.45) is 4.99 Å². The van der Waals surface area contributed by atoms with Crippen molar-refractivity contribution in [3.05, 3.63) is 53.8 Å². The number of benzene rings is 2. The number of piperazine rings is 1. The van der Waals surface area contributed by atoms with Crippen molar-refractivity contribution >= 4 is 35.6 Å². The molecule has 2 N–H and O–H groups in total. The first-order valence-electron chi connectivity index (χ1n) is 10.8. The first-order chi connectivity index (χ1) is 15.2. The fourth-order valence-electron chi connectivity index (χ4n) is 3.89. The third kappa shape index (κ3) is 6.38. The molecule has 0 aliphatic carbocycles. The third-order valence-corrected chi connectivity index (χ3v) is 5.63. The topological polar surface area (TPSA) is 61.4 Å². The number of nitrogens with one attached hydrogen (secondary N) is 2. The van der Waals surface area contributed by atoms with Crippen LogP contribution in [0.2, 0.25) is 0 Å². The Morgan fingerprint density at radius 3 is 2.59 bits per heavy atom. The molecule has 1 fully saturated rings. The van der Waals surface area contributed by atoms with Crippen molar-refractivity contribution in [1.29, 1.82) is 0 Å². The van der Waals surface area contributed by atoms with Crippen LogP contribution in [-0.2, 0) is 6.54 Å². The van der Waals surface area contributed by atoms with Gasteiger partial charge in [-0.1, -0.05) is 18.2 Å². The van der Waals surface area contributed by atoms with Crippen LogP contribution in [0.25, 0.3) is 0 Å². The lowest BCUT2D eigenvalue weighted by Crippen LogP contribution is -2.47. The molecule has 4 rings (SSSR count). The highest BCUT2D eigenvalue weighted by molar-refractivity contribution is 14.0. The first kappa shape index (κ1) is 24.4. The molecule has 1 saturated heterocycles. The highest BCUT2D eigenvalue weighted by atomic mass is 127. The number of ether oxygens (including phenoxy) is 2. The lowest BCUT2D eigenvalue weighted by atomic mass is 10.2. The van der Waals surface area contributed by atoms with Crippen LogP contribution in [0.4, 0.5) is 10.1 Å².